The monoisotopic (exact) mass is 721 g/mol. The highest BCUT2D eigenvalue weighted by atomic mass is 32.2. The molecule has 4 rings (SSSR count). The predicted molar refractivity (Wildman–Crippen MR) is 170 cm³/mol. The van der Waals surface area contributed by atoms with Crippen molar-refractivity contribution in [2.24, 2.45) is 20.5 Å². The number of phenols is 1. The van der Waals surface area contributed by atoms with E-state index in [9.17, 15) is 47.9 Å². The molecule has 0 bridgehead atoms. The zero-order chi connectivity index (χ0) is 35.1. The van der Waals surface area contributed by atoms with Crippen LogP contribution in [0.2, 0.25) is 0 Å². The van der Waals surface area contributed by atoms with E-state index < -0.39 is 77.4 Å². The standard InChI is InChI=1S/C27H23N5O11S4/c1-4-44(34,35)17-7-10-19(15(3)12-17)29-32-26-23(47(41,42)43)13-16-6-9-21(27(33)24(16)25(26)28)31-30-20-11-8-18(45(36,37)5-2)14-22(20)46(38,39)40/h4-14,33H,1-2,28H2,3H3,(H,38,39,40)(H,41,42,43)/b31-30+,32-29+. The molecular formula is C27H23N5O11S4. The number of hydrogen-bond acceptors (Lipinski definition) is 14. The number of phenolic OH excluding ortho intramolecular Hbond substituents is 1. The van der Waals surface area contributed by atoms with Crippen LogP contribution in [0.15, 0.2) is 119 Å². The van der Waals surface area contributed by atoms with Crippen LogP contribution in [0.3, 0.4) is 0 Å². The first kappa shape index (κ1) is 35.0. The second kappa shape index (κ2) is 12.4. The van der Waals surface area contributed by atoms with E-state index >= 15 is 0 Å². The summed E-state index contributed by atoms with van der Waals surface area (Å²) in [5.41, 5.74) is 4.69. The highest BCUT2D eigenvalue weighted by molar-refractivity contribution is 7.94. The summed E-state index contributed by atoms with van der Waals surface area (Å²) in [6, 6.07) is 9.67. The maximum atomic E-state index is 12.3. The number of aryl methyl sites for hydroxylation is 1. The Balaban J connectivity index is 1.88. The molecule has 0 unspecified atom stereocenters. The number of sulfone groups is 2. The van der Waals surface area contributed by atoms with Crippen molar-refractivity contribution in [1.82, 2.24) is 0 Å². The Morgan fingerprint density at radius 2 is 1.15 bits per heavy atom. The lowest BCUT2D eigenvalue weighted by Gasteiger charge is -2.12. The molecule has 4 aromatic rings. The van der Waals surface area contributed by atoms with Crippen LogP contribution in [-0.2, 0) is 39.9 Å². The molecule has 20 heteroatoms. The highest BCUT2D eigenvalue weighted by Gasteiger charge is 2.24. The number of nitrogens with two attached hydrogens (primary N) is 1. The fourth-order valence-corrected chi connectivity index (χ4v) is 7.04. The van der Waals surface area contributed by atoms with Gasteiger partial charge in [-0.05, 0) is 66.4 Å². The number of fused-ring (bicyclic) bond motifs is 1. The lowest BCUT2D eigenvalue weighted by atomic mass is 10.1. The van der Waals surface area contributed by atoms with Gasteiger partial charge in [0.2, 0.25) is 0 Å². The largest absolute Gasteiger partial charge is 0.505 e. The SMILES string of the molecule is C=CS(=O)(=O)c1ccc(/N=N/c2c(S(=O)(=O)O)cc3ccc(/N=N/c4ccc(S(=O)(=O)C=C)cc4S(=O)(=O)O)c(O)c3c2N)c(C)c1. The van der Waals surface area contributed by atoms with Crippen molar-refractivity contribution in [3.63, 3.8) is 0 Å². The summed E-state index contributed by atoms with van der Waals surface area (Å²) in [6.07, 6.45) is 0. The summed E-state index contributed by atoms with van der Waals surface area (Å²) in [6.45, 7) is 7.91. The van der Waals surface area contributed by atoms with Crippen LogP contribution in [-0.4, -0.2) is 47.9 Å². The first-order valence-corrected chi connectivity index (χ1v) is 18.5. The Hall–Kier alpha value is -4.86. The number of azo groups is 2. The predicted octanol–water partition coefficient (Wildman–Crippen LogP) is 5.59. The van der Waals surface area contributed by atoms with Gasteiger partial charge >= 0.3 is 0 Å². The molecule has 0 aliphatic heterocycles. The molecule has 246 valence electrons. The van der Waals surface area contributed by atoms with Gasteiger partial charge in [-0.3, -0.25) is 9.11 Å². The van der Waals surface area contributed by atoms with Crippen LogP contribution >= 0.6 is 0 Å². The third-order valence-corrected chi connectivity index (χ3v) is 11.0. The number of nitrogens with zero attached hydrogens (tertiary/aromatic N) is 4. The molecule has 0 saturated carbocycles. The Morgan fingerprint density at radius 3 is 1.68 bits per heavy atom. The van der Waals surface area contributed by atoms with Crippen molar-refractivity contribution in [3.05, 3.63) is 84.1 Å². The molecule has 0 radical (unpaired) electrons. The average molecular weight is 722 g/mol. The quantitative estimate of drug-likeness (QED) is 0.0885. The topological polar surface area (TPSA) is 273 Å². The summed E-state index contributed by atoms with van der Waals surface area (Å²) >= 11 is 0. The molecule has 5 N–H and O–H groups in total. The van der Waals surface area contributed by atoms with Crippen molar-refractivity contribution in [3.8, 4) is 5.75 Å². The fourth-order valence-electron chi connectivity index (χ4n) is 4.12. The van der Waals surface area contributed by atoms with E-state index in [0.29, 0.717) is 17.0 Å². The number of hydrogen-bond donors (Lipinski definition) is 4. The van der Waals surface area contributed by atoms with Crippen molar-refractivity contribution in [2.75, 3.05) is 5.73 Å². The molecule has 0 fully saturated rings. The van der Waals surface area contributed by atoms with Crippen LogP contribution in [0.1, 0.15) is 5.56 Å². The zero-order valence-corrected chi connectivity index (χ0v) is 27.1. The van der Waals surface area contributed by atoms with Crippen LogP contribution in [0, 0.1) is 6.92 Å². The van der Waals surface area contributed by atoms with E-state index in [2.05, 4.69) is 33.6 Å². The Kier molecular flexibility index (Phi) is 9.23. The molecule has 16 nitrogen and oxygen atoms in total. The van der Waals surface area contributed by atoms with Gasteiger partial charge < -0.3 is 10.8 Å². The smallest absolute Gasteiger partial charge is 0.296 e. The van der Waals surface area contributed by atoms with Crippen LogP contribution < -0.4 is 5.73 Å². The number of benzene rings is 4. The van der Waals surface area contributed by atoms with Crippen molar-refractivity contribution in [2.45, 2.75) is 26.5 Å². The number of rotatable bonds is 10. The maximum Gasteiger partial charge on any atom is 0.296 e. The zero-order valence-electron chi connectivity index (χ0n) is 23.9. The highest BCUT2D eigenvalue weighted by Crippen LogP contribution is 2.46. The van der Waals surface area contributed by atoms with Crippen molar-refractivity contribution in [1.29, 1.82) is 0 Å². The molecule has 0 aliphatic carbocycles. The molecule has 0 atom stereocenters. The van der Waals surface area contributed by atoms with Crippen molar-refractivity contribution >= 4 is 79.1 Å². The molecular weight excluding hydrogens is 699 g/mol. The summed E-state index contributed by atoms with van der Waals surface area (Å²) in [4.78, 5) is -2.30. The first-order valence-electron chi connectivity index (χ1n) is 12.6. The number of aromatic hydroxyl groups is 1. The lowest BCUT2D eigenvalue weighted by Crippen LogP contribution is -2.02. The van der Waals surface area contributed by atoms with E-state index in [1.807, 2.05) is 0 Å². The van der Waals surface area contributed by atoms with E-state index in [0.717, 1.165) is 29.7 Å². The molecule has 0 heterocycles. The normalized spacial score (nSPS) is 13.0. The van der Waals surface area contributed by atoms with Crippen molar-refractivity contribution < 1.29 is 47.9 Å². The third-order valence-electron chi connectivity index (χ3n) is 6.51. The van der Waals surface area contributed by atoms with Gasteiger partial charge in [0.25, 0.3) is 20.2 Å². The minimum atomic E-state index is -5.02. The van der Waals surface area contributed by atoms with Gasteiger partial charge in [-0.2, -0.15) is 21.9 Å². The molecule has 4 aromatic carbocycles. The van der Waals surface area contributed by atoms with E-state index in [1.165, 1.54) is 31.2 Å². The average Bonchev–Trinajstić information content (AvgIpc) is 2.99. The van der Waals surface area contributed by atoms with Gasteiger partial charge in [0, 0.05) is 10.8 Å². The van der Waals surface area contributed by atoms with Crippen LogP contribution in [0.4, 0.5) is 28.4 Å². The first-order chi connectivity index (χ1) is 21.7. The molecule has 47 heavy (non-hydrogen) atoms. The van der Waals surface area contributed by atoms with E-state index in [4.69, 9.17) is 5.73 Å². The minimum absolute atomic E-state index is 0.0155. The maximum absolute atomic E-state index is 12.3. The molecule has 0 spiro atoms. The fraction of sp³-hybridized carbons (Fsp3) is 0.0370. The second-order valence-electron chi connectivity index (χ2n) is 9.52. The molecule has 0 aromatic heterocycles. The van der Waals surface area contributed by atoms with E-state index in [-0.39, 0.29) is 27.0 Å². The Labute approximate surface area is 268 Å². The van der Waals surface area contributed by atoms with E-state index in [1.54, 1.807) is 0 Å². The van der Waals surface area contributed by atoms with Gasteiger partial charge in [-0.25, -0.2) is 16.8 Å². The third kappa shape index (κ3) is 7.11. The second-order valence-corrected chi connectivity index (χ2v) is 16.1. The summed E-state index contributed by atoms with van der Waals surface area (Å²) in [5, 5.41) is 27.5. The van der Waals surface area contributed by atoms with Gasteiger partial charge in [-0.15, -0.1) is 15.3 Å². The molecule has 0 saturated heterocycles. The summed E-state index contributed by atoms with van der Waals surface area (Å²) in [5.74, 6) is -0.698. The van der Waals surface area contributed by atoms with Gasteiger partial charge in [-0.1, -0.05) is 19.2 Å². The van der Waals surface area contributed by atoms with Gasteiger partial charge in [0.1, 0.15) is 26.9 Å². The Bertz CT molecular complexity index is 2510. The number of anilines is 1. The summed E-state index contributed by atoms with van der Waals surface area (Å²) < 4.78 is 116. The Morgan fingerprint density at radius 1 is 0.660 bits per heavy atom. The van der Waals surface area contributed by atoms with Gasteiger partial charge in [0.05, 0.1) is 26.6 Å². The summed E-state index contributed by atoms with van der Waals surface area (Å²) in [7, 11) is -17.9. The van der Waals surface area contributed by atoms with Crippen LogP contribution in [0.25, 0.3) is 10.8 Å². The molecule has 0 amide bonds. The van der Waals surface area contributed by atoms with Gasteiger partial charge in [0.15, 0.2) is 25.4 Å². The van der Waals surface area contributed by atoms with Crippen LogP contribution in [0.5, 0.6) is 5.75 Å². The molecule has 0 aliphatic rings. The lowest BCUT2D eigenvalue weighted by molar-refractivity contribution is 0.480. The minimum Gasteiger partial charge on any atom is -0.505 e. The number of nitrogen functional groups attached to an aromatic ring is 1.